The number of nitrogens with one attached hydrogen (secondary N) is 2. The number of carbonyl (C=O) groups excluding carboxylic acids is 3. The van der Waals surface area contributed by atoms with Crippen LogP contribution in [0.25, 0.3) is 10.4 Å². The number of hydrogen-bond acceptors (Lipinski definition) is 8. The lowest BCUT2D eigenvalue weighted by atomic mass is 9.85. The third-order valence-electron chi connectivity index (χ3n) is 6.45. The second-order valence-electron chi connectivity index (χ2n) is 10.6. The summed E-state index contributed by atoms with van der Waals surface area (Å²) in [5, 5.41) is 16.0. The average Bonchev–Trinajstić information content (AvgIpc) is 3.48. The maximum Gasteiger partial charge on any atom is 0.246 e. The van der Waals surface area contributed by atoms with Gasteiger partial charge in [0.1, 0.15) is 12.1 Å². The molecular formula is C27H39N5O5S. The fourth-order valence-electron chi connectivity index (χ4n) is 4.36. The van der Waals surface area contributed by atoms with Crippen molar-refractivity contribution in [2.45, 2.75) is 65.3 Å². The number of aromatic nitrogens is 1. The molecule has 0 aliphatic carbocycles. The number of likely N-dealkylation sites (tertiary alicyclic amines) is 1. The quantitative estimate of drug-likeness (QED) is 0.314. The molecule has 3 atom stereocenters. The second kappa shape index (κ2) is 13.3. The number of benzene rings is 1. The molecule has 1 aromatic carbocycles. The molecule has 2 unspecified atom stereocenters. The van der Waals surface area contributed by atoms with Crippen LogP contribution in [-0.4, -0.2) is 77.2 Å². The predicted molar refractivity (Wildman–Crippen MR) is 146 cm³/mol. The van der Waals surface area contributed by atoms with E-state index in [2.05, 4.69) is 15.6 Å². The highest BCUT2D eigenvalue weighted by atomic mass is 32.1. The molecule has 11 heteroatoms. The van der Waals surface area contributed by atoms with Crippen LogP contribution in [0.1, 0.15) is 44.9 Å². The first-order chi connectivity index (χ1) is 18.0. The topological polar surface area (TPSA) is 147 Å². The maximum atomic E-state index is 13.6. The van der Waals surface area contributed by atoms with Gasteiger partial charge in [-0.3, -0.25) is 14.4 Å². The largest absolute Gasteiger partial charge is 0.391 e. The Balaban J connectivity index is 1.63. The summed E-state index contributed by atoms with van der Waals surface area (Å²) >= 11 is 1.58. The van der Waals surface area contributed by atoms with Crippen LogP contribution in [0.15, 0.2) is 29.8 Å². The Morgan fingerprint density at radius 2 is 1.95 bits per heavy atom. The summed E-state index contributed by atoms with van der Waals surface area (Å²) in [4.78, 5) is 46.0. The average molecular weight is 546 g/mol. The van der Waals surface area contributed by atoms with Crippen LogP contribution in [0.2, 0.25) is 0 Å². The lowest BCUT2D eigenvalue weighted by molar-refractivity contribution is -0.144. The third kappa shape index (κ3) is 7.83. The first-order valence-corrected chi connectivity index (χ1v) is 13.7. The first kappa shape index (κ1) is 29.7. The number of aryl methyl sites for hydroxylation is 1. The van der Waals surface area contributed by atoms with E-state index in [0.29, 0.717) is 13.2 Å². The molecule has 208 valence electrons. The molecule has 3 amide bonds. The van der Waals surface area contributed by atoms with Crippen LogP contribution in [0.3, 0.4) is 0 Å². The van der Waals surface area contributed by atoms with Gasteiger partial charge in [0.05, 0.1) is 35.4 Å². The van der Waals surface area contributed by atoms with Crippen molar-refractivity contribution in [2.24, 2.45) is 11.1 Å². The zero-order valence-corrected chi connectivity index (χ0v) is 23.3. The minimum atomic E-state index is -0.868. The Labute approximate surface area is 228 Å². The molecule has 1 aliphatic rings. The van der Waals surface area contributed by atoms with Crippen molar-refractivity contribution >= 4 is 29.1 Å². The summed E-state index contributed by atoms with van der Waals surface area (Å²) in [6, 6.07) is 6.19. The molecule has 1 saturated heterocycles. The van der Waals surface area contributed by atoms with Crippen LogP contribution in [0.5, 0.6) is 0 Å². The van der Waals surface area contributed by atoms with Crippen molar-refractivity contribution in [3.8, 4) is 10.4 Å². The molecule has 0 radical (unpaired) electrons. The van der Waals surface area contributed by atoms with Crippen molar-refractivity contribution in [2.75, 3.05) is 26.3 Å². The molecule has 1 fully saturated rings. The van der Waals surface area contributed by atoms with Gasteiger partial charge in [0.15, 0.2) is 0 Å². The van der Waals surface area contributed by atoms with E-state index in [1.54, 1.807) is 11.3 Å². The summed E-state index contributed by atoms with van der Waals surface area (Å²) in [6.07, 6.45) is -0.593. The fourth-order valence-corrected chi connectivity index (χ4v) is 5.18. The van der Waals surface area contributed by atoms with Crippen LogP contribution in [0, 0.1) is 12.3 Å². The van der Waals surface area contributed by atoms with Gasteiger partial charge >= 0.3 is 0 Å². The Bertz CT molecular complexity index is 1100. The van der Waals surface area contributed by atoms with Gasteiger partial charge in [-0.05, 0) is 23.5 Å². The summed E-state index contributed by atoms with van der Waals surface area (Å²) in [6.45, 7) is 8.75. The molecule has 0 bridgehead atoms. The zero-order valence-electron chi connectivity index (χ0n) is 22.5. The number of carbonyl (C=O) groups is 3. The number of nitrogens with zero attached hydrogens (tertiary/aromatic N) is 2. The van der Waals surface area contributed by atoms with Gasteiger partial charge in [-0.2, -0.15) is 0 Å². The fraction of sp³-hybridized carbons (Fsp3) is 0.556. The monoisotopic (exact) mass is 545 g/mol. The highest BCUT2D eigenvalue weighted by Gasteiger charge is 2.44. The zero-order chi connectivity index (χ0) is 27.9. The minimum Gasteiger partial charge on any atom is -0.391 e. The number of hydrogen-bond donors (Lipinski definition) is 4. The van der Waals surface area contributed by atoms with Crippen molar-refractivity contribution in [3.63, 3.8) is 0 Å². The number of ether oxygens (including phenoxy) is 1. The number of nitrogens with two attached hydrogens (primary N) is 1. The number of thiazole rings is 1. The predicted octanol–water partition coefficient (Wildman–Crippen LogP) is 1.59. The summed E-state index contributed by atoms with van der Waals surface area (Å²) in [5.74, 6) is -1.06. The Hall–Kier alpha value is -2.86. The highest BCUT2D eigenvalue weighted by molar-refractivity contribution is 7.13. The SMILES string of the molecule is Cc1ncsc1-c1ccc(CNC(=O)[C@@H]2CC(O)CN2C(=O)C(NC(=O)CCOCCN)C(C)(C)C)cc1. The Morgan fingerprint density at radius 3 is 2.55 bits per heavy atom. The smallest absolute Gasteiger partial charge is 0.246 e. The number of aliphatic hydroxyl groups excluding tert-OH is 1. The number of β-amino-alcohol motifs (C(OH)–C–C–N with tert-alkyl or cyclic N) is 1. The number of aliphatic hydroxyl groups is 1. The van der Waals surface area contributed by atoms with Gasteiger partial charge in [-0.1, -0.05) is 45.0 Å². The molecule has 3 rings (SSSR count). The number of rotatable bonds is 11. The van der Waals surface area contributed by atoms with E-state index in [-0.39, 0.29) is 44.4 Å². The summed E-state index contributed by atoms with van der Waals surface area (Å²) < 4.78 is 5.27. The van der Waals surface area contributed by atoms with Crippen molar-refractivity contribution in [3.05, 3.63) is 41.0 Å². The maximum absolute atomic E-state index is 13.6. The third-order valence-corrected chi connectivity index (χ3v) is 7.42. The highest BCUT2D eigenvalue weighted by Crippen LogP contribution is 2.28. The summed E-state index contributed by atoms with van der Waals surface area (Å²) in [7, 11) is 0. The van der Waals surface area contributed by atoms with Gasteiger partial charge < -0.3 is 31.1 Å². The van der Waals surface area contributed by atoms with Gasteiger partial charge in [0.2, 0.25) is 17.7 Å². The van der Waals surface area contributed by atoms with Crippen molar-refractivity contribution in [1.82, 2.24) is 20.5 Å². The minimum absolute atomic E-state index is 0.0296. The van der Waals surface area contributed by atoms with E-state index in [4.69, 9.17) is 10.5 Å². The Morgan fingerprint density at radius 1 is 1.24 bits per heavy atom. The van der Waals surface area contributed by atoms with Crippen LogP contribution < -0.4 is 16.4 Å². The van der Waals surface area contributed by atoms with E-state index in [9.17, 15) is 19.5 Å². The lowest BCUT2D eigenvalue weighted by Crippen LogP contribution is -2.57. The van der Waals surface area contributed by atoms with Crippen LogP contribution in [0.4, 0.5) is 0 Å². The second-order valence-corrected chi connectivity index (χ2v) is 11.4. The van der Waals surface area contributed by atoms with Gasteiger partial charge in [0.25, 0.3) is 0 Å². The van der Waals surface area contributed by atoms with Crippen LogP contribution >= 0.6 is 11.3 Å². The normalized spacial score (nSPS) is 18.3. The molecule has 5 N–H and O–H groups in total. The van der Waals surface area contributed by atoms with E-state index >= 15 is 0 Å². The molecule has 38 heavy (non-hydrogen) atoms. The summed E-state index contributed by atoms with van der Waals surface area (Å²) in [5.41, 5.74) is 9.55. The molecule has 2 heterocycles. The van der Waals surface area contributed by atoms with E-state index < -0.39 is 29.5 Å². The molecule has 0 saturated carbocycles. The molecule has 1 aromatic heterocycles. The molecule has 1 aliphatic heterocycles. The van der Waals surface area contributed by atoms with Gasteiger partial charge in [-0.25, -0.2) is 4.98 Å². The van der Waals surface area contributed by atoms with E-state index in [1.165, 1.54) is 4.90 Å². The van der Waals surface area contributed by atoms with E-state index in [0.717, 1.165) is 21.7 Å². The number of amides is 3. The van der Waals surface area contributed by atoms with Crippen molar-refractivity contribution < 1.29 is 24.2 Å². The van der Waals surface area contributed by atoms with E-state index in [1.807, 2.05) is 57.5 Å². The van der Waals surface area contributed by atoms with Crippen molar-refractivity contribution in [1.29, 1.82) is 0 Å². The van der Waals surface area contributed by atoms with Gasteiger partial charge in [0, 0.05) is 32.5 Å². The first-order valence-electron chi connectivity index (χ1n) is 12.8. The van der Waals surface area contributed by atoms with Gasteiger partial charge in [-0.15, -0.1) is 11.3 Å². The molecule has 2 aromatic rings. The van der Waals surface area contributed by atoms with Crippen LogP contribution in [-0.2, 0) is 25.7 Å². The molecule has 10 nitrogen and oxygen atoms in total. The molecular weight excluding hydrogens is 506 g/mol. The molecule has 0 spiro atoms. The lowest BCUT2D eigenvalue weighted by Gasteiger charge is -2.35. The standard InChI is InChI=1S/C27H39N5O5S/c1-17-23(38-16-30-17)19-7-5-18(6-8-19)14-29-25(35)21-13-20(33)15-32(21)26(36)24(27(2,3)4)31-22(34)9-11-37-12-10-28/h5-8,16,20-21,24,33H,9-15,28H2,1-4H3,(H,29,35)(H,31,34)/t20?,21-,24?/m0/s1. The Kier molecular flexibility index (Phi) is 10.4.